The molecule has 1 aliphatic heterocycles. The molecule has 1 fully saturated rings. The predicted octanol–water partition coefficient (Wildman–Crippen LogP) is 1.89. The lowest BCUT2D eigenvalue weighted by Crippen LogP contribution is -2.42. The van der Waals surface area contributed by atoms with Gasteiger partial charge in [-0.1, -0.05) is 12.1 Å². The van der Waals surface area contributed by atoms with E-state index in [1.807, 2.05) is 6.26 Å². The lowest BCUT2D eigenvalue weighted by atomic mass is 10.0. The molecule has 1 heterocycles. The number of benzene rings is 1. The zero-order valence-corrected chi connectivity index (χ0v) is 12.8. The van der Waals surface area contributed by atoms with Crippen molar-refractivity contribution in [2.45, 2.75) is 22.6 Å². The van der Waals surface area contributed by atoms with E-state index in [1.54, 1.807) is 24.3 Å². The molecule has 0 spiro atoms. The van der Waals surface area contributed by atoms with Crippen LogP contribution in [0.2, 0.25) is 0 Å². The Kier molecular flexibility index (Phi) is 4.72. The predicted molar refractivity (Wildman–Crippen MR) is 77.3 cm³/mol. The fourth-order valence-electron chi connectivity index (χ4n) is 2.33. The largest absolute Gasteiger partial charge is 0.481 e. The van der Waals surface area contributed by atoms with Gasteiger partial charge in [0.15, 0.2) is 0 Å². The number of hydrogen-bond acceptors (Lipinski definition) is 4. The zero-order chi connectivity index (χ0) is 14.8. The number of aliphatic carboxylic acids is 1. The van der Waals surface area contributed by atoms with Crippen LogP contribution in [0.1, 0.15) is 12.8 Å². The summed E-state index contributed by atoms with van der Waals surface area (Å²) in [6, 6.07) is 6.81. The molecule has 0 aliphatic carbocycles. The molecule has 0 aromatic heterocycles. The Balaban J connectivity index is 2.32. The van der Waals surface area contributed by atoms with Crippen molar-refractivity contribution >= 4 is 27.8 Å². The van der Waals surface area contributed by atoms with Gasteiger partial charge < -0.3 is 5.11 Å². The number of thioether (sulfide) groups is 1. The van der Waals surface area contributed by atoms with Crippen LogP contribution in [0.5, 0.6) is 0 Å². The van der Waals surface area contributed by atoms with Gasteiger partial charge in [-0.15, -0.1) is 11.8 Å². The number of nitrogens with zero attached hydrogens (tertiary/aromatic N) is 1. The normalized spacial score (nSPS) is 20.8. The van der Waals surface area contributed by atoms with E-state index in [4.69, 9.17) is 5.11 Å². The summed E-state index contributed by atoms with van der Waals surface area (Å²) in [5.41, 5.74) is 0. The van der Waals surface area contributed by atoms with Crippen molar-refractivity contribution < 1.29 is 18.3 Å². The van der Waals surface area contributed by atoms with Crippen LogP contribution < -0.4 is 0 Å². The maximum absolute atomic E-state index is 12.7. The van der Waals surface area contributed by atoms with Gasteiger partial charge in [0.05, 0.1) is 10.8 Å². The third kappa shape index (κ3) is 2.99. The minimum atomic E-state index is -3.62. The standard InChI is InChI=1S/C13H17NO4S2/c1-19-11-6-2-3-7-12(11)20(17,18)14-8-4-5-10(9-14)13(15)16/h2-3,6-7,10H,4-5,8-9H2,1H3,(H,15,16). The highest BCUT2D eigenvalue weighted by atomic mass is 32.2. The van der Waals surface area contributed by atoms with Crippen LogP contribution in [0, 0.1) is 5.92 Å². The molecule has 0 saturated carbocycles. The highest BCUT2D eigenvalue weighted by Gasteiger charge is 2.34. The summed E-state index contributed by atoms with van der Waals surface area (Å²) in [4.78, 5) is 12.0. The maximum Gasteiger partial charge on any atom is 0.307 e. The number of carbonyl (C=O) groups is 1. The van der Waals surface area contributed by atoms with E-state index in [0.29, 0.717) is 24.3 Å². The summed E-state index contributed by atoms with van der Waals surface area (Å²) >= 11 is 1.37. The highest BCUT2D eigenvalue weighted by Crippen LogP contribution is 2.29. The molecule has 1 aliphatic rings. The molecule has 1 aromatic rings. The second kappa shape index (κ2) is 6.15. The molecule has 1 aromatic carbocycles. The van der Waals surface area contributed by atoms with E-state index in [-0.39, 0.29) is 11.4 Å². The molecule has 0 bridgehead atoms. The lowest BCUT2D eigenvalue weighted by Gasteiger charge is -2.30. The minimum Gasteiger partial charge on any atom is -0.481 e. The van der Waals surface area contributed by atoms with Crippen LogP contribution in [0.4, 0.5) is 0 Å². The van der Waals surface area contributed by atoms with E-state index in [0.717, 1.165) is 0 Å². The molecule has 1 unspecified atom stereocenters. The van der Waals surface area contributed by atoms with Crippen LogP contribution in [0.25, 0.3) is 0 Å². The second-order valence-electron chi connectivity index (χ2n) is 4.69. The van der Waals surface area contributed by atoms with Crippen LogP contribution in [0.3, 0.4) is 0 Å². The molecule has 1 N–H and O–H groups in total. The van der Waals surface area contributed by atoms with Gasteiger partial charge in [0, 0.05) is 18.0 Å². The fraction of sp³-hybridized carbons (Fsp3) is 0.462. The van der Waals surface area contributed by atoms with Crippen molar-refractivity contribution in [2.75, 3.05) is 19.3 Å². The third-order valence-electron chi connectivity index (χ3n) is 3.42. The van der Waals surface area contributed by atoms with Gasteiger partial charge in [0.1, 0.15) is 0 Å². The molecule has 20 heavy (non-hydrogen) atoms. The zero-order valence-electron chi connectivity index (χ0n) is 11.2. The van der Waals surface area contributed by atoms with Gasteiger partial charge in [-0.25, -0.2) is 8.42 Å². The SMILES string of the molecule is CSc1ccccc1S(=O)(=O)N1CCCC(C(=O)O)C1. The van der Waals surface area contributed by atoms with Crippen LogP contribution in [-0.2, 0) is 14.8 Å². The molecular weight excluding hydrogens is 298 g/mol. The first-order chi connectivity index (χ1) is 9.46. The van der Waals surface area contributed by atoms with Gasteiger partial charge in [-0.2, -0.15) is 4.31 Å². The maximum atomic E-state index is 12.7. The molecule has 0 amide bonds. The quantitative estimate of drug-likeness (QED) is 0.859. The Morgan fingerprint density at radius 3 is 2.75 bits per heavy atom. The number of carboxylic acids is 1. The van der Waals surface area contributed by atoms with Gasteiger partial charge in [-0.3, -0.25) is 4.79 Å². The number of carboxylic acid groups (broad SMARTS) is 1. The Morgan fingerprint density at radius 2 is 2.10 bits per heavy atom. The van der Waals surface area contributed by atoms with E-state index >= 15 is 0 Å². The minimum absolute atomic E-state index is 0.0559. The summed E-state index contributed by atoms with van der Waals surface area (Å²) in [6.45, 7) is 0.440. The van der Waals surface area contributed by atoms with Crippen molar-refractivity contribution in [3.05, 3.63) is 24.3 Å². The Bertz CT molecular complexity index is 600. The molecule has 0 radical (unpaired) electrons. The molecule has 110 valence electrons. The van der Waals surface area contributed by atoms with Gasteiger partial charge in [0.25, 0.3) is 0 Å². The molecule has 5 nitrogen and oxygen atoms in total. The van der Waals surface area contributed by atoms with Crippen molar-refractivity contribution in [1.29, 1.82) is 0 Å². The first-order valence-electron chi connectivity index (χ1n) is 6.33. The summed E-state index contributed by atoms with van der Waals surface area (Å²) in [6.07, 6.45) is 2.94. The van der Waals surface area contributed by atoms with Crippen LogP contribution in [-0.4, -0.2) is 43.1 Å². The van der Waals surface area contributed by atoms with Crippen LogP contribution in [0.15, 0.2) is 34.1 Å². The summed E-state index contributed by atoms with van der Waals surface area (Å²) in [5, 5.41) is 9.07. The van der Waals surface area contributed by atoms with Crippen molar-refractivity contribution in [3.63, 3.8) is 0 Å². The molecular formula is C13H17NO4S2. The monoisotopic (exact) mass is 315 g/mol. The highest BCUT2D eigenvalue weighted by molar-refractivity contribution is 7.99. The van der Waals surface area contributed by atoms with Gasteiger partial charge in [-0.05, 0) is 31.2 Å². The topological polar surface area (TPSA) is 74.7 Å². The summed E-state index contributed by atoms with van der Waals surface area (Å²) in [5.74, 6) is -1.54. The molecule has 7 heteroatoms. The Hall–Kier alpha value is -1.05. The first-order valence-corrected chi connectivity index (χ1v) is 8.99. The summed E-state index contributed by atoms with van der Waals surface area (Å²) < 4.78 is 26.6. The molecule has 2 rings (SSSR count). The average molecular weight is 315 g/mol. The van der Waals surface area contributed by atoms with E-state index in [1.165, 1.54) is 16.1 Å². The average Bonchev–Trinajstić information content (AvgIpc) is 2.47. The number of rotatable bonds is 4. The fourth-order valence-corrected chi connectivity index (χ4v) is 4.98. The van der Waals surface area contributed by atoms with Gasteiger partial charge in [0.2, 0.25) is 10.0 Å². The van der Waals surface area contributed by atoms with E-state index in [9.17, 15) is 13.2 Å². The second-order valence-corrected chi connectivity index (χ2v) is 7.45. The van der Waals surface area contributed by atoms with E-state index < -0.39 is 21.9 Å². The lowest BCUT2D eigenvalue weighted by molar-refractivity contribution is -0.142. The van der Waals surface area contributed by atoms with Crippen LogP contribution >= 0.6 is 11.8 Å². The summed E-state index contributed by atoms with van der Waals surface area (Å²) in [7, 11) is -3.62. The van der Waals surface area contributed by atoms with Crippen molar-refractivity contribution in [1.82, 2.24) is 4.31 Å². The van der Waals surface area contributed by atoms with Gasteiger partial charge >= 0.3 is 5.97 Å². The number of hydrogen-bond donors (Lipinski definition) is 1. The van der Waals surface area contributed by atoms with E-state index in [2.05, 4.69) is 0 Å². The Morgan fingerprint density at radius 1 is 1.40 bits per heavy atom. The first kappa shape index (κ1) is 15.3. The number of piperidine rings is 1. The third-order valence-corrected chi connectivity index (χ3v) is 6.27. The smallest absolute Gasteiger partial charge is 0.307 e. The molecule has 1 saturated heterocycles. The Labute approximate surface area is 123 Å². The van der Waals surface area contributed by atoms with Crippen molar-refractivity contribution in [2.24, 2.45) is 5.92 Å². The number of sulfonamides is 1. The van der Waals surface area contributed by atoms with Crippen molar-refractivity contribution in [3.8, 4) is 0 Å². The molecule has 1 atom stereocenters.